The summed E-state index contributed by atoms with van der Waals surface area (Å²) in [5.41, 5.74) is 1.64. The summed E-state index contributed by atoms with van der Waals surface area (Å²) in [6.07, 6.45) is 3.95. The van der Waals surface area contributed by atoms with E-state index >= 15 is 0 Å². The maximum absolute atomic E-state index is 13.0. The summed E-state index contributed by atoms with van der Waals surface area (Å²) in [6.45, 7) is 1.90. The van der Waals surface area contributed by atoms with Gasteiger partial charge in [-0.3, -0.25) is 9.59 Å². The van der Waals surface area contributed by atoms with Crippen molar-refractivity contribution in [3.8, 4) is 5.69 Å². The van der Waals surface area contributed by atoms with Gasteiger partial charge in [-0.05, 0) is 24.3 Å². The van der Waals surface area contributed by atoms with Crippen LogP contribution in [0.4, 0.5) is 4.39 Å². The van der Waals surface area contributed by atoms with E-state index in [1.165, 1.54) is 19.1 Å². The van der Waals surface area contributed by atoms with Crippen LogP contribution < -0.4 is 5.32 Å². The van der Waals surface area contributed by atoms with Crippen LogP contribution >= 0.6 is 0 Å². The van der Waals surface area contributed by atoms with E-state index < -0.39 is 0 Å². The van der Waals surface area contributed by atoms with Crippen molar-refractivity contribution in [2.45, 2.75) is 19.4 Å². The highest BCUT2D eigenvalue weighted by molar-refractivity contribution is 5.79. The number of likely N-dealkylation sites (tertiary alicyclic amines) is 1. The van der Waals surface area contributed by atoms with Crippen molar-refractivity contribution in [3.63, 3.8) is 0 Å². The van der Waals surface area contributed by atoms with Crippen LogP contribution in [0.5, 0.6) is 0 Å². The standard InChI is InChI=1S/C17H19FN4O2/c1-11(23)19-8-12-7-16(24)21(2)17(12)13-9-20-22(10-13)15-5-3-14(18)4-6-15/h3-6,9-10,12,17H,7-8H2,1-2H3,(H,19,23)/t12-,17+/m0/s1. The molecule has 1 saturated heterocycles. The van der Waals surface area contributed by atoms with Crippen LogP contribution in [-0.2, 0) is 9.59 Å². The SMILES string of the molecule is CC(=O)NC[C@@H]1CC(=O)N(C)[C@H]1c1cnn(-c2ccc(F)cc2)c1. The molecule has 1 fully saturated rings. The Kier molecular flexibility index (Phi) is 4.33. The molecule has 24 heavy (non-hydrogen) atoms. The Morgan fingerprint density at radius 1 is 1.38 bits per heavy atom. The van der Waals surface area contributed by atoms with Crippen LogP contribution in [0.2, 0.25) is 0 Å². The minimum absolute atomic E-state index is 0.00253. The molecular formula is C17H19FN4O2. The number of aromatic nitrogens is 2. The van der Waals surface area contributed by atoms with Crippen molar-refractivity contribution < 1.29 is 14.0 Å². The van der Waals surface area contributed by atoms with Gasteiger partial charge in [0, 0.05) is 44.6 Å². The summed E-state index contributed by atoms with van der Waals surface area (Å²) in [5.74, 6) is -0.373. The Morgan fingerprint density at radius 2 is 2.08 bits per heavy atom. The van der Waals surface area contributed by atoms with Gasteiger partial charge in [0.15, 0.2) is 0 Å². The van der Waals surface area contributed by atoms with Gasteiger partial charge < -0.3 is 10.2 Å². The minimum Gasteiger partial charge on any atom is -0.356 e. The first-order valence-corrected chi connectivity index (χ1v) is 7.76. The van der Waals surface area contributed by atoms with Crippen molar-refractivity contribution in [2.75, 3.05) is 13.6 Å². The first-order chi connectivity index (χ1) is 11.5. The van der Waals surface area contributed by atoms with Gasteiger partial charge >= 0.3 is 0 Å². The van der Waals surface area contributed by atoms with Gasteiger partial charge in [0.1, 0.15) is 5.82 Å². The average molecular weight is 330 g/mol. The molecule has 0 radical (unpaired) electrons. The molecular weight excluding hydrogens is 311 g/mol. The Morgan fingerprint density at radius 3 is 2.75 bits per heavy atom. The molecule has 126 valence electrons. The molecule has 2 aromatic rings. The summed E-state index contributed by atoms with van der Waals surface area (Å²) in [6, 6.07) is 5.90. The van der Waals surface area contributed by atoms with Gasteiger partial charge in [0.25, 0.3) is 0 Å². The molecule has 2 amide bonds. The quantitative estimate of drug-likeness (QED) is 0.927. The van der Waals surface area contributed by atoms with Gasteiger partial charge in [-0.15, -0.1) is 0 Å². The molecule has 3 rings (SSSR count). The van der Waals surface area contributed by atoms with Gasteiger partial charge in [-0.25, -0.2) is 9.07 Å². The molecule has 0 aliphatic carbocycles. The van der Waals surface area contributed by atoms with E-state index in [-0.39, 0.29) is 29.6 Å². The van der Waals surface area contributed by atoms with Crippen molar-refractivity contribution in [2.24, 2.45) is 5.92 Å². The normalized spacial score (nSPS) is 20.5. The predicted octanol–water partition coefficient (Wildman–Crippen LogP) is 1.67. The van der Waals surface area contributed by atoms with Crippen LogP contribution in [0.1, 0.15) is 24.9 Å². The molecule has 1 aliphatic heterocycles. The van der Waals surface area contributed by atoms with Crippen LogP contribution in [-0.4, -0.2) is 40.1 Å². The third kappa shape index (κ3) is 3.15. The molecule has 1 aliphatic rings. The van der Waals surface area contributed by atoms with Gasteiger partial charge in [0.05, 0.1) is 17.9 Å². The average Bonchev–Trinajstić information content (AvgIpc) is 3.12. The highest BCUT2D eigenvalue weighted by Crippen LogP contribution is 2.36. The number of amides is 2. The predicted molar refractivity (Wildman–Crippen MR) is 85.8 cm³/mol. The highest BCUT2D eigenvalue weighted by atomic mass is 19.1. The second-order valence-corrected chi connectivity index (χ2v) is 6.05. The van der Waals surface area contributed by atoms with Crippen molar-refractivity contribution >= 4 is 11.8 Å². The topological polar surface area (TPSA) is 67.2 Å². The molecule has 2 heterocycles. The second-order valence-electron chi connectivity index (χ2n) is 6.05. The molecule has 0 unspecified atom stereocenters. The summed E-state index contributed by atoms with van der Waals surface area (Å²) in [4.78, 5) is 24.9. The van der Waals surface area contributed by atoms with Crippen molar-refractivity contribution in [3.05, 3.63) is 48.0 Å². The van der Waals surface area contributed by atoms with Crippen LogP contribution in [0.25, 0.3) is 5.69 Å². The van der Waals surface area contributed by atoms with Crippen molar-refractivity contribution in [1.82, 2.24) is 20.0 Å². The molecule has 1 aromatic heterocycles. The first-order valence-electron chi connectivity index (χ1n) is 7.76. The summed E-state index contributed by atoms with van der Waals surface area (Å²) < 4.78 is 14.7. The fourth-order valence-electron chi connectivity index (χ4n) is 3.13. The molecule has 6 nitrogen and oxygen atoms in total. The van der Waals surface area contributed by atoms with Crippen LogP contribution in [0.3, 0.4) is 0 Å². The lowest BCUT2D eigenvalue weighted by Gasteiger charge is -2.24. The zero-order valence-corrected chi connectivity index (χ0v) is 13.6. The number of hydrogen-bond donors (Lipinski definition) is 1. The summed E-state index contributed by atoms with van der Waals surface area (Å²) >= 11 is 0. The summed E-state index contributed by atoms with van der Waals surface area (Å²) in [5, 5.41) is 7.11. The second kappa shape index (κ2) is 6.43. The number of nitrogens with one attached hydrogen (secondary N) is 1. The van der Waals surface area contributed by atoms with Gasteiger partial charge in [-0.1, -0.05) is 0 Å². The largest absolute Gasteiger partial charge is 0.356 e. The molecule has 0 spiro atoms. The van der Waals surface area contributed by atoms with E-state index in [2.05, 4.69) is 10.4 Å². The Labute approximate surface area is 139 Å². The Hall–Kier alpha value is -2.70. The fraction of sp³-hybridized carbons (Fsp3) is 0.353. The monoisotopic (exact) mass is 330 g/mol. The fourth-order valence-corrected chi connectivity index (χ4v) is 3.13. The maximum Gasteiger partial charge on any atom is 0.223 e. The minimum atomic E-state index is -0.303. The van der Waals surface area contributed by atoms with Gasteiger partial charge in [0.2, 0.25) is 11.8 Å². The third-order valence-electron chi connectivity index (χ3n) is 4.34. The summed E-state index contributed by atoms with van der Waals surface area (Å²) in [7, 11) is 1.76. The lowest BCUT2D eigenvalue weighted by atomic mass is 9.96. The van der Waals surface area contributed by atoms with Crippen LogP contribution in [0, 0.1) is 11.7 Å². The lowest BCUT2D eigenvalue weighted by Crippen LogP contribution is -2.31. The van der Waals surface area contributed by atoms with Crippen molar-refractivity contribution in [1.29, 1.82) is 0 Å². The number of benzene rings is 1. The zero-order chi connectivity index (χ0) is 17.3. The first kappa shape index (κ1) is 16.2. The van der Waals surface area contributed by atoms with Gasteiger partial charge in [-0.2, -0.15) is 5.10 Å². The third-order valence-corrected chi connectivity index (χ3v) is 4.34. The molecule has 1 aromatic carbocycles. The lowest BCUT2D eigenvalue weighted by molar-refractivity contribution is -0.127. The number of carbonyl (C=O) groups excluding carboxylic acids is 2. The molecule has 7 heteroatoms. The molecule has 1 N–H and O–H groups in total. The number of hydrogen-bond acceptors (Lipinski definition) is 3. The van der Waals surface area contributed by atoms with E-state index in [1.807, 2.05) is 6.20 Å². The number of nitrogens with zero attached hydrogens (tertiary/aromatic N) is 3. The Bertz CT molecular complexity index is 756. The zero-order valence-electron chi connectivity index (χ0n) is 13.6. The maximum atomic E-state index is 13.0. The van der Waals surface area contributed by atoms with Crippen LogP contribution in [0.15, 0.2) is 36.7 Å². The smallest absolute Gasteiger partial charge is 0.223 e. The van der Waals surface area contributed by atoms with E-state index in [4.69, 9.17) is 0 Å². The number of rotatable bonds is 4. The number of halogens is 1. The highest BCUT2D eigenvalue weighted by Gasteiger charge is 2.39. The van der Waals surface area contributed by atoms with E-state index in [0.717, 1.165) is 11.3 Å². The van der Waals surface area contributed by atoms with E-state index in [9.17, 15) is 14.0 Å². The molecule has 0 saturated carbocycles. The molecule has 0 bridgehead atoms. The van der Waals surface area contributed by atoms with E-state index in [0.29, 0.717) is 13.0 Å². The number of carbonyl (C=O) groups is 2. The molecule has 2 atom stereocenters. The van der Waals surface area contributed by atoms with E-state index in [1.54, 1.807) is 35.0 Å². The Balaban J connectivity index is 1.84.